The number of rotatable bonds is 4. The first-order valence-electron chi connectivity index (χ1n) is 6.54. The van der Waals surface area contributed by atoms with Crippen LogP contribution < -0.4 is 5.73 Å². The van der Waals surface area contributed by atoms with E-state index < -0.39 is 4.92 Å². The highest BCUT2D eigenvalue weighted by Crippen LogP contribution is 2.24. The summed E-state index contributed by atoms with van der Waals surface area (Å²) in [5.74, 6) is 0. The molecule has 4 heteroatoms. The second-order valence-electron chi connectivity index (χ2n) is 5.04. The van der Waals surface area contributed by atoms with E-state index in [0.29, 0.717) is 6.42 Å². The fraction of sp³-hybridized carbons (Fsp3) is 0.250. The minimum absolute atomic E-state index is 0.0994. The van der Waals surface area contributed by atoms with Crippen molar-refractivity contribution >= 4 is 5.69 Å². The van der Waals surface area contributed by atoms with Crippen molar-refractivity contribution in [2.24, 2.45) is 5.73 Å². The van der Waals surface area contributed by atoms with Crippen molar-refractivity contribution in [1.82, 2.24) is 0 Å². The molecule has 0 saturated carbocycles. The Labute approximate surface area is 118 Å². The smallest absolute Gasteiger partial charge is 0.269 e. The zero-order valence-electron chi connectivity index (χ0n) is 11.7. The maximum Gasteiger partial charge on any atom is 0.269 e. The predicted molar refractivity (Wildman–Crippen MR) is 79.6 cm³/mol. The van der Waals surface area contributed by atoms with Gasteiger partial charge in [0.15, 0.2) is 0 Å². The van der Waals surface area contributed by atoms with Crippen molar-refractivity contribution in [1.29, 1.82) is 0 Å². The van der Waals surface area contributed by atoms with Gasteiger partial charge >= 0.3 is 0 Å². The first-order chi connectivity index (χ1) is 9.49. The molecule has 1 atom stereocenters. The number of nitro groups is 1. The van der Waals surface area contributed by atoms with Gasteiger partial charge in [-0.1, -0.05) is 30.3 Å². The molecule has 20 heavy (non-hydrogen) atoms. The van der Waals surface area contributed by atoms with Crippen LogP contribution in [0, 0.1) is 24.0 Å². The van der Waals surface area contributed by atoms with Gasteiger partial charge in [-0.25, -0.2) is 0 Å². The predicted octanol–water partition coefficient (Wildman–Crippen LogP) is 3.45. The Balaban J connectivity index is 2.19. The third kappa shape index (κ3) is 3.03. The van der Waals surface area contributed by atoms with Crippen LogP contribution in [0.15, 0.2) is 42.5 Å². The molecule has 2 rings (SSSR count). The van der Waals surface area contributed by atoms with Crippen LogP contribution in [-0.4, -0.2) is 4.92 Å². The van der Waals surface area contributed by atoms with Gasteiger partial charge < -0.3 is 5.73 Å². The van der Waals surface area contributed by atoms with Crippen molar-refractivity contribution in [3.63, 3.8) is 0 Å². The Hall–Kier alpha value is -2.20. The van der Waals surface area contributed by atoms with Crippen LogP contribution >= 0.6 is 0 Å². The lowest BCUT2D eigenvalue weighted by atomic mass is 9.92. The lowest BCUT2D eigenvalue weighted by Crippen LogP contribution is -2.16. The Kier molecular flexibility index (Phi) is 4.15. The van der Waals surface area contributed by atoms with E-state index in [0.717, 1.165) is 11.1 Å². The summed E-state index contributed by atoms with van der Waals surface area (Å²) >= 11 is 0. The van der Waals surface area contributed by atoms with Crippen molar-refractivity contribution in [2.45, 2.75) is 26.3 Å². The van der Waals surface area contributed by atoms with Crippen molar-refractivity contribution in [3.05, 3.63) is 74.8 Å². The van der Waals surface area contributed by atoms with Crippen LogP contribution in [0.3, 0.4) is 0 Å². The van der Waals surface area contributed by atoms with Gasteiger partial charge in [0, 0.05) is 18.2 Å². The molecule has 4 nitrogen and oxygen atoms in total. The number of nitrogens with two attached hydrogens (primary N) is 1. The second-order valence-corrected chi connectivity index (χ2v) is 5.04. The number of hydrogen-bond acceptors (Lipinski definition) is 3. The number of hydrogen-bond donors (Lipinski definition) is 1. The molecule has 0 heterocycles. The molecule has 1 unspecified atom stereocenters. The summed E-state index contributed by atoms with van der Waals surface area (Å²) in [4.78, 5) is 10.2. The normalized spacial score (nSPS) is 12.2. The summed E-state index contributed by atoms with van der Waals surface area (Å²) in [6, 6.07) is 12.6. The summed E-state index contributed by atoms with van der Waals surface area (Å²) in [7, 11) is 0. The molecule has 104 valence electrons. The Morgan fingerprint density at radius 2 is 1.65 bits per heavy atom. The molecule has 0 bridgehead atoms. The zero-order chi connectivity index (χ0) is 14.7. The van der Waals surface area contributed by atoms with Crippen LogP contribution in [0.5, 0.6) is 0 Å². The van der Waals surface area contributed by atoms with Gasteiger partial charge in [0.2, 0.25) is 0 Å². The van der Waals surface area contributed by atoms with Crippen LogP contribution in [0.4, 0.5) is 5.69 Å². The number of non-ortho nitro benzene ring substituents is 1. The molecule has 0 radical (unpaired) electrons. The average Bonchev–Trinajstić information content (AvgIpc) is 2.39. The van der Waals surface area contributed by atoms with Crippen molar-refractivity contribution in [3.8, 4) is 0 Å². The molecular formula is C16H18N2O2. The number of nitrogens with zero attached hydrogens (tertiary/aromatic N) is 1. The third-order valence-corrected chi connectivity index (χ3v) is 3.52. The van der Waals surface area contributed by atoms with Gasteiger partial charge in [0.25, 0.3) is 5.69 Å². The van der Waals surface area contributed by atoms with Gasteiger partial charge in [0.05, 0.1) is 4.92 Å². The van der Waals surface area contributed by atoms with Crippen LogP contribution in [0.25, 0.3) is 0 Å². The minimum Gasteiger partial charge on any atom is -0.324 e. The Morgan fingerprint density at radius 1 is 1.10 bits per heavy atom. The largest absolute Gasteiger partial charge is 0.324 e. The quantitative estimate of drug-likeness (QED) is 0.683. The Bertz CT molecular complexity index is 601. The van der Waals surface area contributed by atoms with Gasteiger partial charge in [-0.2, -0.15) is 0 Å². The topological polar surface area (TPSA) is 69.2 Å². The molecule has 0 spiro atoms. The van der Waals surface area contributed by atoms with Gasteiger partial charge in [-0.3, -0.25) is 10.1 Å². The van der Waals surface area contributed by atoms with Crippen LogP contribution in [-0.2, 0) is 6.42 Å². The summed E-state index contributed by atoms with van der Waals surface area (Å²) in [5.41, 5.74) is 10.9. The lowest BCUT2D eigenvalue weighted by molar-refractivity contribution is -0.384. The number of aryl methyl sites for hydroxylation is 2. The van der Waals surface area contributed by atoms with E-state index in [1.165, 1.54) is 23.3 Å². The molecule has 0 saturated heterocycles. The van der Waals surface area contributed by atoms with Crippen LogP contribution in [0.1, 0.15) is 28.3 Å². The van der Waals surface area contributed by atoms with Crippen molar-refractivity contribution < 1.29 is 4.92 Å². The molecule has 0 amide bonds. The van der Waals surface area contributed by atoms with E-state index in [9.17, 15) is 10.1 Å². The molecule has 0 fully saturated rings. The first kappa shape index (κ1) is 14.2. The summed E-state index contributed by atoms with van der Waals surface area (Å²) in [6.07, 6.45) is 0.670. The van der Waals surface area contributed by atoms with Crippen LogP contribution in [0.2, 0.25) is 0 Å². The highest BCUT2D eigenvalue weighted by atomic mass is 16.6. The van der Waals surface area contributed by atoms with E-state index >= 15 is 0 Å². The van der Waals surface area contributed by atoms with Crippen molar-refractivity contribution in [2.75, 3.05) is 0 Å². The van der Waals surface area contributed by atoms with E-state index in [1.54, 1.807) is 12.1 Å². The molecular weight excluding hydrogens is 252 g/mol. The molecule has 0 aromatic heterocycles. The molecule has 2 aromatic carbocycles. The highest BCUT2D eigenvalue weighted by Gasteiger charge is 2.13. The summed E-state index contributed by atoms with van der Waals surface area (Å²) in [5, 5.41) is 10.6. The second kappa shape index (κ2) is 5.84. The molecule has 0 aliphatic heterocycles. The fourth-order valence-electron chi connectivity index (χ4n) is 2.52. The minimum atomic E-state index is -0.394. The first-order valence-corrected chi connectivity index (χ1v) is 6.54. The average molecular weight is 270 g/mol. The summed E-state index contributed by atoms with van der Waals surface area (Å²) < 4.78 is 0. The van der Waals surface area contributed by atoms with Gasteiger partial charge in [-0.05, 0) is 42.5 Å². The number of nitro benzene ring substituents is 1. The number of benzene rings is 2. The monoisotopic (exact) mass is 270 g/mol. The Morgan fingerprint density at radius 3 is 2.15 bits per heavy atom. The maximum atomic E-state index is 10.6. The van der Waals surface area contributed by atoms with E-state index in [4.69, 9.17) is 5.73 Å². The highest BCUT2D eigenvalue weighted by molar-refractivity contribution is 5.38. The third-order valence-electron chi connectivity index (χ3n) is 3.52. The molecule has 0 aliphatic rings. The van der Waals surface area contributed by atoms with Gasteiger partial charge in [-0.15, -0.1) is 0 Å². The maximum absolute atomic E-state index is 10.6. The van der Waals surface area contributed by atoms with E-state index in [-0.39, 0.29) is 11.7 Å². The summed E-state index contributed by atoms with van der Waals surface area (Å²) in [6.45, 7) is 4.11. The molecule has 0 aliphatic carbocycles. The standard InChI is InChI=1S/C16H18N2O2/c1-11-4-3-5-12(2)16(11)15(17)10-13-6-8-14(9-7-13)18(19)20/h3-9,15H,10,17H2,1-2H3. The zero-order valence-corrected chi connectivity index (χ0v) is 11.7. The van der Waals surface area contributed by atoms with Gasteiger partial charge in [0.1, 0.15) is 0 Å². The lowest BCUT2D eigenvalue weighted by Gasteiger charge is -2.17. The van der Waals surface area contributed by atoms with E-state index in [2.05, 4.69) is 26.0 Å². The fourth-order valence-corrected chi connectivity index (χ4v) is 2.52. The SMILES string of the molecule is Cc1cccc(C)c1C(N)Cc1ccc([N+](=O)[O-])cc1. The van der Waals surface area contributed by atoms with E-state index in [1.807, 2.05) is 6.07 Å². The molecule has 2 N–H and O–H groups in total. The molecule has 2 aromatic rings.